The molecular weight excluding hydrogens is 533 g/mol. The van der Waals surface area contributed by atoms with E-state index in [-0.39, 0.29) is 0 Å². The second-order valence-electron chi connectivity index (χ2n) is 7.00. The van der Waals surface area contributed by atoms with Crippen LogP contribution in [0.5, 0.6) is 11.5 Å². The molecule has 0 aliphatic rings. The minimum atomic E-state index is 0.430. The highest BCUT2D eigenvalue weighted by Crippen LogP contribution is 2.36. The summed E-state index contributed by atoms with van der Waals surface area (Å²) < 4.78 is 13.3. The van der Waals surface area contributed by atoms with Crippen LogP contribution in [0.15, 0.2) is 73.3 Å². The zero-order valence-corrected chi connectivity index (χ0v) is 20.7. The highest BCUT2D eigenvalue weighted by molar-refractivity contribution is 14.1. The molecule has 5 heteroatoms. The summed E-state index contributed by atoms with van der Waals surface area (Å²) in [6.07, 6.45) is 4.26. The number of hydrogen-bond donors (Lipinski definition) is 0. The Morgan fingerprint density at radius 1 is 1.12 bits per heavy atom. The summed E-state index contributed by atoms with van der Waals surface area (Å²) in [6.45, 7) is 6.74. The lowest BCUT2D eigenvalue weighted by atomic mass is 10.0. The Balaban J connectivity index is 2.01. The van der Waals surface area contributed by atoms with Gasteiger partial charge in [0.15, 0.2) is 11.5 Å². The topological polar surface area (TPSA) is 42.2 Å². The number of allylic oxidation sites excluding steroid dienone is 2. The maximum atomic E-state index is 9.75. The number of rotatable bonds is 9. The lowest BCUT2D eigenvalue weighted by Crippen LogP contribution is -2.03. The van der Waals surface area contributed by atoms with Crippen molar-refractivity contribution in [2.24, 2.45) is 0 Å². The maximum absolute atomic E-state index is 9.75. The number of ether oxygens (including phenoxy) is 2. The van der Waals surface area contributed by atoms with Crippen molar-refractivity contribution in [3.05, 3.63) is 104 Å². The van der Waals surface area contributed by atoms with E-state index in [0.717, 1.165) is 16.7 Å². The average molecular weight is 556 g/mol. The molecule has 0 aromatic heterocycles. The lowest BCUT2D eigenvalue weighted by molar-refractivity contribution is 0.267. The predicted molar refractivity (Wildman–Crippen MR) is 140 cm³/mol. The SMILES string of the molecule is C=CCc1cc(C=C(C#N)c2ccccc2Cl)cc(OCC)c1OCc1ccc(I)cc1. The molecule has 0 amide bonds. The smallest absolute Gasteiger partial charge is 0.165 e. The number of benzene rings is 3. The van der Waals surface area contributed by atoms with Crippen LogP contribution in [0.4, 0.5) is 0 Å². The second-order valence-corrected chi connectivity index (χ2v) is 8.65. The third-order valence-electron chi connectivity index (χ3n) is 4.71. The van der Waals surface area contributed by atoms with Gasteiger partial charge >= 0.3 is 0 Å². The van der Waals surface area contributed by atoms with Crippen LogP contribution in [0, 0.1) is 14.9 Å². The first-order valence-corrected chi connectivity index (χ1v) is 11.7. The summed E-state index contributed by atoms with van der Waals surface area (Å²) in [5.74, 6) is 1.33. The summed E-state index contributed by atoms with van der Waals surface area (Å²) in [7, 11) is 0. The molecule has 162 valence electrons. The molecule has 0 heterocycles. The fourth-order valence-electron chi connectivity index (χ4n) is 3.25. The van der Waals surface area contributed by atoms with Gasteiger partial charge in [-0.15, -0.1) is 6.58 Å². The van der Waals surface area contributed by atoms with Gasteiger partial charge < -0.3 is 9.47 Å². The molecule has 3 rings (SSSR count). The van der Waals surface area contributed by atoms with Crippen LogP contribution in [0.25, 0.3) is 11.6 Å². The van der Waals surface area contributed by atoms with Crippen LogP contribution in [0.3, 0.4) is 0 Å². The third-order valence-corrected chi connectivity index (χ3v) is 5.76. The van der Waals surface area contributed by atoms with Gasteiger partial charge in [-0.2, -0.15) is 5.26 Å². The highest BCUT2D eigenvalue weighted by Gasteiger charge is 2.14. The Kier molecular flexibility index (Phi) is 8.78. The van der Waals surface area contributed by atoms with Crippen LogP contribution in [0.1, 0.15) is 29.2 Å². The lowest BCUT2D eigenvalue weighted by Gasteiger charge is -2.17. The van der Waals surface area contributed by atoms with Gasteiger partial charge in [-0.25, -0.2) is 0 Å². The van der Waals surface area contributed by atoms with E-state index in [1.807, 2.05) is 49.4 Å². The maximum Gasteiger partial charge on any atom is 0.165 e. The van der Waals surface area contributed by atoms with Gasteiger partial charge in [-0.1, -0.05) is 48.0 Å². The largest absolute Gasteiger partial charge is 0.490 e. The van der Waals surface area contributed by atoms with E-state index in [0.29, 0.717) is 47.3 Å². The quantitative estimate of drug-likeness (QED) is 0.117. The normalized spacial score (nSPS) is 11.0. The Morgan fingerprint density at radius 3 is 2.53 bits per heavy atom. The van der Waals surface area contributed by atoms with Crippen molar-refractivity contribution >= 4 is 45.8 Å². The van der Waals surface area contributed by atoms with Crippen molar-refractivity contribution in [2.75, 3.05) is 6.61 Å². The van der Waals surface area contributed by atoms with E-state index >= 15 is 0 Å². The van der Waals surface area contributed by atoms with E-state index in [1.165, 1.54) is 3.57 Å². The standard InChI is InChI=1S/C27H23ClINO2/c1-3-7-21-14-20(15-22(17-30)24-8-5-6-9-25(24)28)16-26(31-4-2)27(21)32-18-19-10-12-23(29)13-11-19/h3,5-6,8-16H,1,4,7,18H2,2H3. The number of nitrogens with zero attached hydrogens (tertiary/aromatic N) is 1. The first-order chi connectivity index (χ1) is 15.5. The van der Waals surface area contributed by atoms with Gasteiger partial charge in [0.1, 0.15) is 6.61 Å². The van der Waals surface area contributed by atoms with Crippen LogP contribution in [-0.4, -0.2) is 6.61 Å². The van der Waals surface area contributed by atoms with Crippen molar-refractivity contribution in [3.63, 3.8) is 0 Å². The summed E-state index contributed by atoms with van der Waals surface area (Å²) >= 11 is 8.59. The molecule has 0 spiro atoms. The van der Waals surface area contributed by atoms with Crippen molar-refractivity contribution < 1.29 is 9.47 Å². The van der Waals surface area contributed by atoms with Gasteiger partial charge in [0.25, 0.3) is 0 Å². The molecule has 0 saturated heterocycles. The Bertz CT molecular complexity index is 1160. The summed E-state index contributed by atoms with van der Waals surface area (Å²) in [6, 6.07) is 21.7. The molecular formula is C27H23ClINO2. The molecule has 0 saturated carbocycles. The molecule has 3 aromatic rings. The zero-order valence-electron chi connectivity index (χ0n) is 17.8. The number of hydrogen-bond acceptors (Lipinski definition) is 3. The Hall–Kier alpha value is -2.75. The summed E-state index contributed by atoms with van der Waals surface area (Å²) in [5, 5.41) is 10.3. The van der Waals surface area contributed by atoms with Gasteiger partial charge in [-0.3, -0.25) is 0 Å². The molecule has 0 atom stereocenters. The van der Waals surface area contributed by atoms with Crippen LogP contribution in [-0.2, 0) is 13.0 Å². The monoisotopic (exact) mass is 555 g/mol. The number of nitriles is 1. The van der Waals surface area contributed by atoms with Crippen LogP contribution >= 0.6 is 34.2 Å². The van der Waals surface area contributed by atoms with Crippen LogP contribution in [0.2, 0.25) is 5.02 Å². The minimum Gasteiger partial charge on any atom is -0.490 e. The molecule has 3 aromatic carbocycles. The van der Waals surface area contributed by atoms with Crippen molar-refractivity contribution in [3.8, 4) is 17.6 Å². The molecule has 0 unspecified atom stereocenters. The van der Waals surface area contributed by atoms with Crippen LogP contribution < -0.4 is 9.47 Å². The molecule has 0 aliphatic carbocycles. The third kappa shape index (κ3) is 6.15. The Labute approximate surface area is 208 Å². The zero-order chi connectivity index (χ0) is 22.9. The predicted octanol–water partition coefficient (Wildman–Crippen LogP) is 7.71. The molecule has 3 nitrogen and oxygen atoms in total. The minimum absolute atomic E-state index is 0.430. The average Bonchev–Trinajstić information content (AvgIpc) is 2.79. The van der Waals surface area contributed by atoms with Gasteiger partial charge in [0, 0.05) is 19.7 Å². The van der Waals surface area contributed by atoms with Gasteiger partial charge in [0.2, 0.25) is 0 Å². The van der Waals surface area contributed by atoms with Crippen molar-refractivity contribution in [1.29, 1.82) is 5.26 Å². The molecule has 0 bridgehead atoms. The van der Waals surface area contributed by atoms with Crippen molar-refractivity contribution in [1.82, 2.24) is 0 Å². The van der Waals surface area contributed by atoms with E-state index in [4.69, 9.17) is 21.1 Å². The molecule has 0 N–H and O–H groups in total. The van der Waals surface area contributed by atoms with E-state index in [1.54, 1.807) is 6.07 Å². The molecule has 0 aliphatic heterocycles. The molecule has 0 radical (unpaired) electrons. The van der Waals surface area contributed by atoms with Gasteiger partial charge in [-0.05, 0) is 83.5 Å². The highest BCUT2D eigenvalue weighted by atomic mass is 127. The molecule has 32 heavy (non-hydrogen) atoms. The van der Waals surface area contributed by atoms with E-state index in [9.17, 15) is 5.26 Å². The van der Waals surface area contributed by atoms with E-state index in [2.05, 4.69) is 59.5 Å². The van der Waals surface area contributed by atoms with Gasteiger partial charge in [0.05, 0.1) is 18.2 Å². The second kappa shape index (κ2) is 11.8. The first-order valence-electron chi connectivity index (χ1n) is 10.2. The van der Waals surface area contributed by atoms with E-state index < -0.39 is 0 Å². The first kappa shape index (κ1) is 23.9. The number of halogens is 2. The Morgan fingerprint density at radius 2 is 1.88 bits per heavy atom. The fourth-order valence-corrected chi connectivity index (χ4v) is 3.85. The van der Waals surface area contributed by atoms with Crippen molar-refractivity contribution in [2.45, 2.75) is 20.0 Å². The molecule has 0 fully saturated rings. The fraction of sp³-hybridized carbons (Fsp3) is 0.148. The summed E-state index contributed by atoms with van der Waals surface area (Å²) in [4.78, 5) is 0. The summed E-state index contributed by atoms with van der Waals surface area (Å²) in [5.41, 5.74) is 4.03.